The summed E-state index contributed by atoms with van der Waals surface area (Å²) >= 11 is 0.989. The van der Waals surface area contributed by atoms with Gasteiger partial charge in [0.1, 0.15) is 0 Å². The van der Waals surface area contributed by atoms with Crippen LogP contribution in [-0.4, -0.2) is 25.8 Å². The van der Waals surface area contributed by atoms with E-state index in [9.17, 15) is 14.4 Å². The Bertz CT molecular complexity index is 796. The van der Waals surface area contributed by atoms with Gasteiger partial charge in [-0.05, 0) is 23.9 Å². The fourth-order valence-electron chi connectivity index (χ4n) is 1.47. The number of aryl methyl sites for hydroxylation is 1. The second kappa shape index (κ2) is 5.21. The van der Waals surface area contributed by atoms with Crippen LogP contribution in [0.4, 0.5) is 5.69 Å². The molecule has 20 heavy (non-hydrogen) atoms. The number of nitrogen functional groups attached to an aromatic ring is 1. The van der Waals surface area contributed by atoms with E-state index >= 15 is 0 Å². The third-order valence-electron chi connectivity index (χ3n) is 2.45. The first-order valence-electron chi connectivity index (χ1n) is 5.37. The number of nitrogens with zero attached hydrogens (tertiary/aromatic N) is 2. The Morgan fingerprint density at radius 1 is 1.45 bits per heavy atom. The molecule has 2 aromatic rings. The number of rotatable bonds is 3. The molecule has 1 aromatic heterocycles. The minimum atomic E-state index is -1.15. The van der Waals surface area contributed by atoms with Crippen LogP contribution in [0.3, 0.4) is 0 Å². The number of H-pyrrole nitrogens is 1. The molecular formula is C11H10N4O4S. The molecule has 4 N–H and O–H groups in total. The summed E-state index contributed by atoms with van der Waals surface area (Å²) in [7, 11) is 1.51. The molecule has 0 bridgehead atoms. The Hall–Kier alpha value is -2.55. The lowest BCUT2D eigenvalue weighted by Crippen LogP contribution is -2.33. The second-order valence-electron chi connectivity index (χ2n) is 3.82. The molecule has 104 valence electrons. The van der Waals surface area contributed by atoms with Crippen LogP contribution in [0, 0.1) is 0 Å². The largest absolute Gasteiger partial charge is 0.478 e. The highest BCUT2D eigenvalue weighted by atomic mass is 32.2. The molecular weight excluding hydrogens is 284 g/mol. The van der Waals surface area contributed by atoms with E-state index in [0.29, 0.717) is 4.90 Å². The summed E-state index contributed by atoms with van der Waals surface area (Å²) in [6.45, 7) is 0. The van der Waals surface area contributed by atoms with Crippen molar-refractivity contribution in [2.75, 3.05) is 5.73 Å². The topological polar surface area (TPSA) is 131 Å². The van der Waals surface area contributed by atoms with Crippen LogP contribution >= 0.6 is 11.8 Å². The molecule has 9 heteroatoms. The van der Waals surface area contributed by atoms with Crippen molar-refractivity contribution < 1.29 is 9.90 Å². The van der Waals surface area contributed by atoms with Crippen molar-refractivity contribution >= 4 is 23.4 Å². The molecule has 0 fully saturated rings. The second-order valence-corrected chi connectivity index (χ2v) is 4.83. The Morgan fingerprint density at radius 2 is 2.15 bits per heavy atom. The van der Waals surface area contributed by atoms with E-state index in [4.69, 9.17) is 10.8 Å². The van der Waals surface area contributed by atoms with Gasteiger partial charge in [-0.3, -0.25) is 19.4 Å². The smallest absolute Gasteiger partial charge is 0.339 e. The van der Waals surface area contributed by atoms with Crippen molar-refractivity contribution in [1.82, 2.24) is 14.8 Å². The van der Waals surface area contributed by atoms with Crippen LogP contribution in [-0.2, 0) is 7.05 Å². The van der Waals surface area contributed by atoms with Gasteiger partial charge in [-0.1, -0.05) is 6.07 Å². The number of nitrogens with one attached hydrogen (secondary N) is 1. The van der Waals surface area contributed by atoms with Gasteiger partial charge >= 0.3 is 17.1 Å². The maximum atomic E-state index is 11.2. The SMILES string of the molecule is Cn1[nH]c(=O)c(=O)nc1Sc1cccc(C(=O)O)c1N. The Labute approximate surface area is 116 Å². The molecule has 0 aliphatic heterocycles. The fourth-order valence-corrected chi connectivity index (χ4v) is 2.34. The summed E-state index contributed by atoms with van der Waals surface area (Å²) in [6.07, 6.45) is 0. The number of aromatic nitrogens is 3. The number of para-hydroxylation sites is 1. The molecule has 0 aliphatic carbocycles. The number of nitrogens with two attached hydrogens (primary N) is 1. The number of aromatic amines is 1. The van der Waals surface area contributed by atoms with Crippen LogP contribution in [0.5, 0.6) is 0 Å². The predicted molar refractivity (Wildman–Crippen MR) is 72.0 cm³/mol. The van der Waals surface area contributed by atoms with Crippen molar-refractivity contribution in [3.63, 3.8) is 0 Å². The summed E-state index contributed by atoms with van der Waals surface area (Å²) < 4.78 is 1.27. The molecule has 0 atom stereocenters. The minimum Gasteiger partial charge on any atom is -0.478 e. The molecule has 0 spiro atoms. The molecule has 0 unspecified atom stereocenters. The molecule has 0 saturated heterocycles. The van der Waals surface area contributed by atoms with Gasteiger partial charge in [0, 0.05) is 11.9 Å². The molecule has 8 nitrogen and oxygen atoms in total. The van der Waals surface area contributed by atoms with Gasteiger partial charge < -0.3 is 10.8 Å². The zero-order chi connectivity index (χ0) is 14.9. The maximum absolute atomic E-state index is 11.2. The zero-order valence-electron chi connectivity index (χ0n) is 10.3. The number of benzene rings is 1. The van der Waals surface area contributed by atoms with Crippen LogP contribution in [0.1, 0.15) is 10.4 Å². The molecule has 0 radical (unpaired) electrons. The number of carboxylic acid groups (broad SMARTS) is 1. The van der Waals surface area contributed by atoms with E-state index in [2.05, 4.69) is 10.1 Å². The van der Waals surface area contributed by atoms with Crippen LogP contribution < -0.4 is 16.9 Å². The average molecular weight is 294 g/mol. The average Bonchev–Trinajstić information content (AvgIpc) is 2.37. The van der Waals surface area contributed by atoms with Crippen molar-refractivity contribution in [3.8, 4) is 0 Å². The Morgan fingerprint density at radius 3 is 2.80 bits per heavy atom. The number of hydrogen-bond acceptors (Lipinski definition) is 6. The first kappa shape index (κ1) is 13.9. The van der Waals surface area contributed by atoms with Gasteiger partial charge in [0.2, 0.25) is 0 Å². The van der Waals surface area contributed by atoms with Crippen molar-refractivity contribution in [1.29, 1.82) is 0 Å². The lowest BCUT2D eigenvalue weighted by molar-refractivity contribution is 0.0698. The van der Waals surface area contributed by atoms with Gasteiger partial charge in [-0.25, -0.2) is 4.79 Å². The highest BCUT2D eigenvalue weighted by Gasteiger charge is 2.14. The van der Waals surface area contributed by atoms with E-state index in [0.717, 1.165) is 11.8 Å². The van der Waals surface area contributed by atoms with Gasteiger partial charge in [0.05, 0.1) is 11.3 Å². The molecule has 1 aromatic carbocycles. The highest BCUT2D eigenvalue weighted by molar-refractivity contribution is 7.99. The van der Waals surface area contributed by atoms with E-state index in [1.165, 1.54) is 23.9 Å². The van der Waals surface area contributed by atoms with Crippen LogP contribution in [0.15, 0.2) is 37.8 Å². The van der Waals surface area contributed by atoms with Crippen molar-refractivity contribution in [2.45, 2.75) is 10.1 Å². The van der Waals surface area contributed by atoms with E-state index in [-0.39, 0.29) is 16.4 Å². The van der Waals surface area contributed by atoms with Crippen LogP contribution in [0.2, 0.25) is 0 Å². The summed E-state index contributed by atoms with van der Waals surface area (Å²) in [4.78, 5) is 37.3. The molecule has 0 aliphatic rings. The lowest BCUT2D eigenvalue weighted by atomic mass is 10.2. The normalized spacial score (nSPS) is 10.4. The third-order valence-corrected chi connectivity index (χ3v) is 3.57. The van der Waals surface area contributed by atoms with E-state index < -0.39 is 17.1 Å². The summed E-state index contributed by atoms with van der Waals surface area (Å²) in [5.41, 5.74) is 4.05. The standard InChI is InChI=1S/C11H10N4O4S/c1-15-11(13-8(16)9(17)14-15)20-6-4-2-3-5(7(6)12)10(18)19/h2-4H,12H2,1H3,(H,14,17)(H,18,19). The molecule has 1 heterocycles. The van der Waals surface area contributed by atoms with Gasteiger partial charge in [0.25, 0.3) is 0 Å². The summed E-state index contributed by atoms with van der Waals surface area (Å²) in [5, 5.41) is 11.5. The van der Waals surface area contributed by atoms with Crippen LogP contribution in [0.25, 0.3) is 0 Å². The van der Waals surface area contributed by atoms with E-state index in [1.807, 2.05) is 0 Å². The van der Waals surface area contributed by atoms with Gasteiger partial charge in [-0.15, -0.1) is 0 Å². The van der Waals surface area contributed by atoms with Gasteiger partial charge in [-0.2, -0.15) is 4.98 Å². The maximum Gasteiger partial charge on any atom is 0.339 e. The monoisotopic (exact) mass is 294 g/mol. The van der Waals surface area contributed by atoms with Gasteiger partial charge in [0.15, 0.2) is 5.16 Å². The van der Waals surface area contributed by atoms with Crippen molar-refractivity contribution in [2.24, 2.45) is 7.05 Å². The fraction of sp³-hybridized carbons (Fsp3) is 0.0909. The predicted octanol–water partition coefficient (Wildman–Crippen LogP) is -0.0998. The zero-order valence-corrected chi connectivity index (χ0v) is 11.1. The minimum absolute atomic E-state index is 0.0376. The number of hydrogen-bond donors (Lipinski definition) is 3. The number of aromatic carboxylic acids is 1. The van der Waals surface area contributed by atoms with E-state index in [1.54, 1.807) is 6.07 Å². The summed E-state index contributed by atoms with van der Waals surface area (Å²) in [5.74, 6) is -1.15. The first-order chi connectivity index (χ1) is 9.40. The Balaban J connectivity index is 2.48. The third kappa shape index (κ3) is 2.57. The molecule has 0 amide bonds. The molecule has 2 rings (SSSR count). The quantitative estimate of drug-likeness (QED) is 0.532. The Kier molecular flexibility index (Phi) is 3.61. The number of anilines is 1. The lowest BCUT2D eigenvalue weighted by Gasteiger charge is -2.09. The van der Waals surface area contributed by atoms with Crippen molar-refractivity contribution in [3.05, 3.63) is 44.5 Å². The first-order valence-corrected chi connectivity index (χ1v) is 6.19. The summed E-state index contributed by atoms with van der Waals surface area (Å²) in [6, 6.07) is 4.51. The number of carboxylic acids is 1. The molecule has 0 saturated carbocycles. The number of carbonyl (C=O) groups is 1. The highest BCUT2D eigenvalue weighted by Crippen LogP contribution is 2.31.